The minimum atomic E-state index is -0.459. The van der Waals surface area contributed by atoms with Gasteiger partial charge in [0.2, 0.25) is 0 Å². The number of halogens is 1. The Kier molecular flexibility index (Phi) is 3.90. The Balaban J connectivity index is 2.64. The SMILES string of the molecule is C[C@@H](O)[C@@H](N)Cc1cccc(Br)c1. The summed E-state index contributed by atoms with van der Waals surface area (Å²) in [6.07, 6.45) is 0.246. The van der Waals surface area contributed by atoms with E-state index in [1.54, 1.807) is 6.92 Å². The lowest BCUT2D eigenvalue weighted by atomic mass is 10.0. The number of rotatable bonds is 3. The van der Waals surface area contributed by atoms with Crippen LogP contribution in [0.1, 0.15) is 12.5 Å². The van der Waals surface area contributed by atoms with Crippen molar-refractivity contribution in [1.82, 2.24) is 0 Å². The molecular formula is C10H14BrNO. The Bertz CT molecular complexity index is 275. The molecule has 0 saturated heterocycles. The van der Waals surface area contributed by atoms with Crippen LogP contribution in [0.15, 0.2) is 28.7 Å². The maximum Gasteiger partial charge on any atom is 0.0666 e. The molecule has 1 aromatic carbocycles. The van der Waals surface area contributed by atoms with Gasteiger partial charge in [-0.05, 0) is 31.0 Å². The quantitative estimate of drug-likeness (QED) is 0.850. The molecule has 2 atom stereocenters. The zero-order valence-corrected chi connectivity index (χ0v) is 9.16. The molecule has 3 heteroatoms. The Morgan fingerprint density at radius 1 is 1.54 bits per heavy atom. The van der Waals surface area contributed by atoms with E-state index < -0.39 is 6.10 Å². The second-order valence-corrected chi connectivity index (χ2v) is 4.15. The predicted molar refractivity (Wildman–Crippen MR) is 57.5 cm³/mol. The van der Waals surface area contributed by atoms with Gasteiger partial charge in [-0.1, -0.05) is 28.1 Å². The van der Waals surface area contributed by atoms with Gasteiger partial charge in [0.05, 0.1) is 6.10 Å². The summed E-state index contributed by atoms with van der Waals surface area (Å²) in [5.41, 5.74) is 6.87. The molecule has 72 valence electrons. The van der Waals surface area contributed by atoms with Gasteiger partial charge in [0.1, 0.15) is 0 Å². The normalized spacial score (nSPS) is 15.4. The lowest BCUT2D eigenvalue weighted by Crippen LogP contribution is -2.34. The highest BCUT2D eigenvalue weighted by molar-refractivity contribution is 9.10. The van der Waals surface area contributed by atoms with Crippen LogP contribution in [0.3, 0.4) is 0 Å². The van der Waals surface area contributed by atoms with Gasteiger partial charge < -0.3 is 10.8 Å². The van der Waals surface area contributed by atoms with Gasteiger partial charge in [-0.2, -0.15) is 0 Å². The highest BCUT2D eigenvalue weighted by Gasteiger charge is 2.09. The molecule has 13 heavy (non-hydrogen) atoms. The van der Waals surface area contributed by atoms with Crippen molar-refractivity contribution in [2.75, 3.05) is 0 Å². The molecule has 0 radical (unpaired) electrons. The lowest BCUT2D eigenvalue weighted by molar-refractivity contribution is 0.163. The molecule has 1 aromatic rings. The van der Waals surface area contributed by atoms with Crippen LogP contribution in [-0.2, 0) is 6.42 Å². The summed E-state index contributed by atoms with van der Waals surface area (Å²) in [5.74, 6) is 0. The first kappa shape index (κ1) is 10.7. The first-order valence-electron chi connectivity index (χ1n) is 4.27. The molecule has 0 spiro atoms. The van der Waals surface area contributed by atoms with Crippen molar-refractivity contribution in [3.8, 4) is 0 Å². The number of hydrogen-bond donors (Lipinski definition) is 2. The maximum absolute atomic E-state index is 9.21. The fourth-order valence-electron chi connectivity index (χ4n) is 1.11. The largest absolute Gasteiger partial charge is 0.392 e. The fourth-order valence-corrected chi connectivity index (χ4v) is 1.55. The van der Waals surface area contributed by atoms with Crippen LogP contribution in [0, 0.1) is 0 Å². The van der Waals surface area contributed by atoms with E-state index in [9.17, 15) is 5.11 Å². The van der Waals surface area contributed by atoms with Crippen LogP contribution in [0.4, 0.5) is 0 Å². The van der Waals surface area contributed by atoms with E-state index in [-0.39, 0.29) is 6.04 Å². The van der Waals surface area contributed by atoms with E-state index in [1.807, 2.05) is 24.3 Å². The molecule has 2 nitrogen and oxygen atoms in total. The van der Waals surface area contributed by atoms with E-state index in [1.165, 1.54) is 0 Å². The molecule has 0 saturated carbocycles. The van der Waals surface area contributed by atoms with Crippen molar-refractivity contribution in [3.05, 3.63) is 34.3 Å². The minimum absolute atomic E-state index is 0.186. The lowest BCUT2D eigenvalue weighted by Gasteiger charge is -2.14. The summed E-state index contributed by atoms with van der Waals surface area (Å²) in [6.45, 7) is 1.71. The number of nitrogens with two attached hydrogens (primary N) is 1. The van der Waals surface area contributed by atoms with Crippen molar-refractivity contribution >= 4 is 15.9 Å². The minimum Gasteiger partial charge on any atom is -0.392 e. The molecule has 0 heterocycles. The van der Waals surface area contributed by atoms with Crippen molar-refractivity contribution in [3.63, 3.8) is 0 Å². The molecule has 0 aliphatic carbocycles. The third-order valence-electron chi connectivity index (χ3n) is 1.98. The average Bonchev–Trinajstić information content (AvgIpc) is 2.04. The molecule has 0 bridgehead atoms. The van der Waals surface area contributed by atoms with E-state index in [0.29, 0.717) is 6.42 Å². The van der Waals surface area contributed by atoms with Crippen LogP contribution in [0.2, 0.25) is 0 Å². The Hall–Kier alpha value is -0.380. The molecule has 0 aliphatic rings. The standard InChI is InChI=1S/C10H14BrNO/c1-7(13)10(12)6-8-3-2-4-9(11)5-8/h2-5,7,10,13H,6,12H2,1H3/t7-,10+/m1/s1. The number of benzene rings is 1. The Labute approximate surface area is 86.9 Å². The van der Waals surface area contributed by atoms with Crippen molar-refractivity contribution in [2.45, 2.75) is 25.5 Å². The second kappa shape index (κ2) is 4.74. The topological polar surface area (TPSA) is 46.2 Å². The van der Waals surface area contributed by atoms with Gasteiger partial charge in [0.25, 0.3) is 0 Å². The van der Waals surface area contributed by atoms with Crippen LogP contribution in [-0.4, -0.2) is 17.3 Å². The predicted octanol–water partition coefficient (Wildman–Crippen LogP) is 1.70. The molecule has 3 N–H and O–H groups in total. The van der Waals surface area contributed by atoms with Crippen molar-refractivity contribution < 1.29 is 5.11 Å². The monoisotopic (exact) mass is 243 g/mol. The van der Waals surface area contributed by atoms with Gasteiger partial charge >= 0.3 is 0 Å². The third-order valence-corrected chi connectivity index (χ3v) is 2.47. The highest BCUT2D eigenvalue weighted by atomic mass is 79.9. The zero-order chi connectivity index (χ0) is 9.84. The van der Waals surface area contributed by atoms with Crippen molar-refractivity contribution in [1.29, 1.82) is 0 Å². The van der Waals surface area contributed by atoms with Crippen LogP contribution in [0.5, 0.6) is 0 Å². The van der Waals surface area contributed by atoms with Crippen LogP contribution >= 0.6 is 15.9 Å². The summed E-state index contributed by atoms with van der Waals surface area (Å²) in [4.78, 5) is 0. The first-order valence-corrected chi connectivity index (χ1v) is 5.07. The molecule has 0 unspecified atom stereocenters. The van der Waals surface area contributed by atoms with E-state index in [0.717, 1.165) is 10.0 Å². The summed E-state index contributed by atoms with van der Waals surface area (Å²) >= 11 is 3.39. The number of hydrogen-bond acceptors (Lipinski definition) is 2. The number of aliphatic hydroxyl groups is 1. The van der Waals surface area contributed by atoms with Gasteiger partial charge in [0.15, 0.2) is 0 Å². The summed E-state index contributed by atoms with van der Waals surface area (Å²) < 4.78 is 1.04. The number of aliphatic hydroxyl groups excluding tert-OH is 1. The van der Waals surface area contributed by atoms with E-state index in [2.05, 4.69) is 15.9 Å². The van der Waals surface area contributed by atoms with Gasteiger partial charge in [-0.15, -0.1) is 0 Å². The molecule has 0 amide bonds. The molecular weight excluding hydrogens is 230 g/mol. The van der Waals surface area contributed by atoms with Gasteiger partial charge in [-0.25, -0.2) is 0 Å². The Morgan fingerprint density at radius 2 is 2.23 bits per heavy atom. The average molecular weight is 244 g/mol. The summed E-state index contributed by atoms with van der Waals surface area (Å²) in [7, 11) is 0. The third kappa shape index (κ3) is 3.46. The molecule has 1 rings (SSSR count). The fraction of sp³-hybridized carbons (Fsp3) is 0.400. The molecule has 0 fully saturated rings. The van der Waals surface area contributed by atoms with Crippen LogP contribution in [0.25, 0.3) is 0 Å². The van der Waals surface area contributed by atoms with Crippen molar-refractivity contribution in [2.24, 2.45) is 5.73 Å². The van der Waals surface area contributed by atoms with E-state index in [4.69, 9.17) is 5.73 Å². The zero-order valence-electron chi connectivity index (χ0n) is 7.57. The molecule has 0 aromatic heterocycles. The summed E-state index contributed by atoms with van der Waals surface area (Å²) in [5, 5.41) is 9.21. The molecule has 0 aliphatic heterocycles. The van der Waals surface area contributed by atoms with Gasteiger partial charge in [0, 0.05) is 10.5 Å². The van der Waals surface area contributed by atoms with Crippen LogP contribution < -0.4 is 5.73 Å². The maximum atomic E-state index is 9.21. The Morgan fingerprint density at radius 3 is 2.77 bits per heavy atom. The highest BCUT2D eigenvalue weighted by Crippen LogP contribution is 2.13. The smallest absolute Gasteiger partial charge is 0.0666 e. The van der Waals surface area contributed by atoms with E-state index >= 15 is 0 Å². The van der Waals surface area contributed by atoms with Gasteiger partial charge in [-0.3, -0.25) is 0 Å². The second-order valence-electron chi connectivity index (χ2n) is 3.24. The first-order chi connectivity index (χ1) is 6.09. The summed E-state index contributed by atoms with van der Waals surface area (Å²) in [6, 6.07) is 7.77.